The first kappa shape index (κ1) is 14.9. The number of rotatable bonds is 2. The molecule has 0 fully saturated rings. The van der Waals surface area contributed by atoms with E-state index in [-0.39, 0.29) is 0 Å². The molecule has 3 rings (SSSR count). The molecule has 0 radical (unpaired) electrons. The normalized spacial score (nSPS) is 12.0. The van der Waals surface area contributed by atoms with E-state index in [1.807, 2.05) is 60.7 Å². The molecule has 0 heterocycles. The largest absolute Gasteiger partial charge is 0.331 e. The van der Waals surface area contributed by atoms with Crippen LogP contribution in [0, 0.1) is 4.94 Å². The van der Waals surface area contributed by atoms with Crippen molar-refractivity contribution in [1.82, 2.24) is 0 Å². The summed E-state index contributed by atoms with van der Waals surface area (Å²) in [7, 11) is -3.59. The van der Waals surface area contributed by atoms with Crippen molar-refractivity contribution in [2.24, 2.45) is 0 Å². The number of fused-ring (bicyclic) bond motifs is 2. The highest BCUT2D eigenvalue weighted by Gasteiger charge is 2.20. The molecule has 21 heavy (non-hydrogen) atoms. The lowest BCUT2D eigenvalue weighted by molar-refractivity contribution is 0.400. The van der Waals surface area contributed by atoms with Gasteiger partial charge in [0, 0.05) is 0 Å². The zero-order valence-corrected chi connectivity index (χ0v) is 13.1. The third-order valence-electron chi connectivity index (χ3n) is 3.34. The van der Waals surface area contributed by atoms with Crippen molar-refractivity contribution < 1.29 is 13.0 Å². The summed E-state index contributed by atoms with van der Waals surface area (Å²) in [5.41, 5.74) is 0. The van der Waals surface area contributed by atoms with Crippen LogP contribution in [0.15, 0.2) is 60.7 Å². The zero-order valence-electron chi connectivity index (χ0n) is 10.7. The van der Waals surface area contributed by atoms with Crippen molar-refractivity contribution in [1.29, 1.82) is 0 Å². The van der Waals surface area contributed by atoms with Gasteiger partial charge in [0.2, 0.25) is 0 Å². The monoisotopic (exact) mass is 340 g/mol. The van der Waals surface area contributed by atoms with Crippen LogP contribution in [0.25, 0.3) is 21.5 Å². The summed E-state index contributed by atoms with van der Waals surface area (Å²) in [5, 5.41) is 3.39. The van der Waals surface area contributed by atoms with E-state index in [1.165, 1.54) is 0 Å². The van der Waals surface area contributed by atoms with Crippen LogP contribution in [-0.4, -0.2) is 4.89 Å². The highest BCUT2D eigenvalue weighted by molar-refractivity contribution is 7.54. The highest BCUT2D eigenvalue weighted by atomic mass is 35.5. The van der Waals surface area contributed by atoms with Gasteiger partial charge in [0.05, 0.1) is 28.7 Å². The Balaban J connectivity index is 2.79. The molecule has 0 bridgehead atoms. The fraction of sp³-hybridized carbons (Fsp3) is 0. The first-order valence-corrected chi connectivity index (χ1v) is 8.36. The molecular weight excluding hydrogens is 330 g/mol. The van der Waals surface area contributed by atoms with Gasteiger partial charge >= 0.3 is 0 Å². The molecule has 108 valence electrons. The second kappa shape index (κ2) is 5.98. The molecular formula is C15H11Cl2O3P. The molecule has 0 amide bonds. The third kappa shape index (κ3) is 2.58. The molecule has 0 atom stereocenters. The summed E-state index contributed by atoms with van der Waals surface area (Å²) in [6.07, 6.45) is 0. The van der Waals surface area contributed by atoms with E-state index >= 15 is 0 Å². The van der Waals surface area contributed by atoms with Crippen LogP contribution in [0.2, 0.25) is 0 Å². The number of halogens is 2. The summed E-state index contributed by atoms with van der Waals surface area (Å²) in [5.74, 6) is 0. The molecule has 1 N–H and O–H groups in total. The quantitative estimate of drug-likeness (QED) is 0.615. The minimum absolute atomic E-state index is 0.462. The summed E-state index contributed by atoms with van der Waals surface area (Å²) in [4.78, 5) is 11.1. The van der Waals surface area contributed by atoms with Crippen LogP contribution in [-0.2, 0) is 8.15 Å². The van der Waals surface area contributed by atoms with Crippen LogP contribution in [0.3, 0.4) is 0 Å². The van der Waals surface area contributed by atoms with E-state index in [1.54, 1.807) is 0 Å². The second-order valence-electron chi connectivity index (χ2n) is 4.51. The number of hydrogen-bond acceptors (Lipinski definition) is 3. The van der Waals surface area contributed by atoms with Crippen molar-refractivity contribution >= 4 is 52.8 Å². The van der Waals surface area contributed by atoms with Gasteiger partial charge in [0.25, 0.3) is 7.57 Å². The standard InChI is InChI=1S/C15H11Cl2O3P/c16-19-21(18,20-17)15-13-7-3-1-5-11(13)9-10-12-6-2-4-8-14(12)15/h1-10,18H. The second-order valence-corrected chi connectivity index (χ2v) is 7.11. The Morgan fingerprint density at radius 2 is 1.14 bits per heavy atom. The molecule has 3 aromatic rings. The Bertz CT molecular complexity index is 842. The van der Waals surface area contributed by atoms with Gasteiger partial charge in [-0.1, -0.05) is 60.7 Å². The molecule has 3 aromatic carbocycles. The van der Waals surface area contributed by atoms with E-state index in [4.69, 9.17) is 31.9 Å². The maximum atomic E-state index is 10.6. The molecule has 0 aliphatic heterocycles. The van der Waals surface area contributed by atoms with Gasteiger partial charge < -0.3 is 4.89 Å². The Labute approximate surface area is 131 Å². The maximum absolute atomic E-state index is 10.6. The van der Waals surface area contributed by atoms with Gasteiger partial charge in [0.1, 0.15) is 0 Å². The Kier molecular flexibility index (Phi) is 4.23. The minimum Gasteiger partial charge on any atom is -0.331 e. The van der Waals surface area contributed by atoms with E-state index < -0.39 is 7.57 Å². The zero-order chi connectivity index (χ0) is 14.9. The molecule has 0 saturated carbocycles. The topological polar surface area (TPSA) is 38.7 Å². The lowest BCUT2D eigenvalue weighted by Crippen LogP contribution is -1.84. The lowest BCUT2D eigenvalue weighted by atomic mass is 10.1. The fourth-order valence-electron chi connectivity index (χ4n) is 2.42. The molecule has 6 heteroatoms. The van der Waals surface area contributed by atoms with Crippen molar-refractivity contribution in [3.05, 3.63) is 65.6 Å². The summed E-state index contributed by atoms with van der Waals surface area (Å²) in [6.45, 7) is 0. The first-order valence-electron chi connectivity index (χ1n) is 6.16. The van der Waals surface area contributed by atoms with Gasteiger partial charge in [-0.2, -0.15) is 0 Å². The summed E-state index contributed by atoms with van der Waals surface area (Å²) in [6, 6.07) is 19.1. The SMILES string of the molecule is OP(OCl)(OCl)=c1c2ccccc2ccc2ccccc12. The van der Waals surface area contributed by atoms with E-state index in [9.17, 15) is 4.89 Å². The first-order chi connectivity index (χ1) is 10.2. The van der Waals surface area contributed by atoms with Crippen LogP contribution in [0.1, 0.15) is 0 Å². The average Bonchev–Trinajstić information content (AvgIpc) is 2.71. The van der Waals surface area contributed by atoms with Crippen LogP contribution >= 0.6 is 31.3 Å². The lowest BCUT2D eigenvalue weighted by Gasteiger charge is -2.11. The van der Waals surface area contributed by atoms with Crippen LogP contribution in [0.5, 0.6) is 0 Å². The number of benzene rings is 2. The molecule has 3 nitrogen and oxygen atoms in total. The predicted molar refractivity (Wildman–Crippen MR) is 87.7 cm³/mol. The van der Waals surface area contributed by atoms with Gasteiger partial charge in [-0.05, 0) is 21.5 Å². The van der Waals surface area contributed by atoms with Crippen molar-refractivity contribution in [2.45, 2.75) is 0 Å². The van der Waals surface area contributed by atoms with Crippen LogP contribution in [0.4, 0.5) is 0 Å². The Morgan fingerprint density at radius 1 is 0.714 bits per heavy atom. The van der Waals surface area contributed by atoms with Gasteiger partial charge in [-0.3, -0.25) is 0 Å². The highest BCUT2D eigenvalue weighted by Crippen LogP contribution is 2.53. The molecule has 0 unspecified atom stereocenters. The maximum Gasteiger partial charge on any atom is 0.297 e. The van der Waals surface area contributed by atoms with Crippen molar-refractivity contribution in [2.75, 3.05) is 0 Å². The van der Waals surface area contributed by atoms with E-state index in [0.29, 0.717) is 4.94 Å². The van der Waals surface area contributed by atoms with Gasteiger partial charge in [-0.25, -0.2) is 8.15 Å². The Morgan fingerprint density at radius 3 is 1.57 bits per heavy atom. The summed E-state index contributed by atoms with van der Waals surface area (Å²) < 4.78 is 9.43. The molecule has 0 aromatic heterocycles. The molecule has 0 saturated heterocycles. The fourth-order valence-corrected chi connectivity index (χ4v) is 4.27. The van der Waals surface area contributed by atoms with E-state index in [2.05, 4.69) is 0 Å². The summed E-state index contributed by atoms with van der Waals surface area (Å²) >= 11 is 11.0. The molecule has 0 aliphatic rings. The van der Waals surface area contributed by atoms with Gasteiger partial charge in [0.15, 0.2) is 0 Å². The van der Waals surface area contributed by atoms with Crippen LogP contribution < -0.4 is 0 Å². The Hall–Kier alpha value is -1.06. The predicted octanol–water partition coefficient (Wildman–Crippen LogP) is 5.62. The average molecular weight is 341 g/mol. The third-order valence-corrected chi connectivity index (χ3v) is 5.89. The van der Waals surface area contributed by atoms with Crippen molar-refractivity contribution in [3.63, 3.8) is 0 Å². The number of hydrogen-bond donors (Lipinski definition) is 1. The minimum atomic E-state index is -3.59. The van der Waals surface area contributed by atoms with Gasteiger partial charge in [-0.15, -0.1) is 0 Å². The smallest absolute Gasteiger partial charge is 0.297 e. The molecule has 0 spiro atoms. The van der Waals surface area contributed by atoms with E-state index in [0.717, 1.165) is 21.5 Å². The van der Waals surface area contributed by atoms with Crippen molar-refractivity contribution in [3.8, 4) is 0 Å². The molecule has 0 aliphatic carbocycles.